The second-order valence-electron chi connectivity index (χ2n) is 5.40. The van der Waals surface area contributed by atoms with Gasteiger partial charge in [0.25, 0.3) is 0 Å². The van der Waals surface area contributed by atoms with E-state index >= 15 is 0 Å². The topological polar surface area (TPSA) is 180 Å². The maximum Gasteiger partial charge on any atom is 0.312 e. The number of aliphatic hydroxyl groups excluding tert-OH is 2. The van der Waals surface area contributed by atoms with Crippen LogP contribution in [0.1, 0.15) is 11.7 Å². The first-order valence-corrected chi connectivity index (χ1v) is 7.34. The van der Waals surface area contributed by atoms with Crippen molar-refractivity contribution in [1.82, 2.24) is 15.8 Å². The lowest BCUT2D eigenvalue weighted by molar-refractivity contribution is -0.423. The molecule has 0 unspecified atom stereocenters. The Labute approximate surface area is 147 Å². The number of rotatable bonds is 7. The molecule has 142 valence electrons. The van der Waals surface area contributed by atoms with Gasteiger partial charge in [-0.15, -0.1) is 0 Å². The molecular weight excluding hydrogens is 350 g/mol. The average molecular weight is 367 g/mol. The highest BCUT2D eigenvalue weighted by Crippen LogP contribution is 2.23. The van der Waals surface area contributed by atoms with Gasteiger partial charge in [0.1, 0.15) is 11.8 Å². The molecule has 0 bridgehead atoms. The van der Waals surface area contributed by atoms with Crippen molar-refractivity contribution in [1.29, 1.82) is 0 Å². The number of hydrazine groups is 1. The minimum Gasteiger partial charge on any atom is -0.859 e. The molecular formula is C14H17N5O7-2. The molecule has 0 aromatic heterocycles. The maximum absolute atomic E-state index is 12.3. The third kappa shape index (κ3) is 3.94. The van der Waals surface area contributed by atoms with Crippen molar-refractivity contribution in [3.8, 4) is 0 Å². The fourth-order valence-electron chi connectivity index (χ4n) is 2.36. The van der Waals surface area contributed by atoms with E-state index in [1.54, 1.807) is 0 Å². The molecule has 12 heteroatoms. The monoisotopic (exact) mass is 367 g/mol. The molecule has 1 aromatic rings. The molecule has 0 saturated carbocycles. The number of benzene rings is 1. The average Bonchev–Trinajstić information content (AvgIpc) is 3.01. The third-order valence-electron chi connectivity index (χ3n) is 3.73. The highest BCUT2D eigenvalue weighted by Gasteiger charge is 2.29. The molecule has 0 amide bonds. The molecule has 1 heterocycles. The van der Waals surface area contributed by atoms with E-state index in [2.05, 4.69) is 10.7 Å². The highest BCUT2D eigenvalue weighted by molar-refractivity contribution is 5.46. The van der Waals surface area contributed by atoms with Crippen molar-refractivity contribution in [2.45, 2.75) is 12.1 Å². The predicted octanol–water partition coefficient (Wildman–Crippen LogP) is -1.54. The van der Waals surface area contributed by atoms with Crippen molar-refractivity contribution >= 4 is 5.69 Å². The van der Waals surface area contributed by atoms with Crippen LogP contribution < -0.4 is 21.1 Å². The molecule has 2 atom stereocenters. The van der Waals surface area contributed by atoms with E-state index in [1.807, 2.05) is 0 Å². The standard InChI is InChI=1S/C14H18N5O7/c1-17-12(11(6-15-17)19(25)26)14(22)16-10(7-20)13(21)8-2-4-9(5-3-8)18(23)24/h2-6,10,13,15-16,20-23H,7H2,1H3/q-1/p-1/t10-,13-/m0/s1. The predicted molar refractivity (Wildman–Crippen MR) is 86.0 cm³/mol. The van der Waals surface area contributed by atoms with Crippen LogP contribution in [0.3, 0.4) is 0 Å². The molecule has 12 nitrogen and oxygen atoms in total. The number of nitrogens with zero attached hydrogens (tertiary/aromatic N) is 3. The van der Waals surface area contributed by atoms with Crippen LogP contribution in [0, 0.1) is 15.3 Å². The Morgan fingerprint density at radius 2 is 2.04 bits per heavy atom. The Bertz CT molecular complexity index is 719. The molecule has 2 rings (SSSR count). The van der Waals surface area contributed by atoms with Crippen LogP contribution in [0.4, 0.5) is 5.69 Å². The summed E-state index contributed by atoms with van der Waals surface area (Å²) >= 11 is 0. The quantitative estimate of drug-likeness (QED) is 0.214. The fourth-order valence-corrected chi connectivity index (χ4v) is 2.36. The van der Waals surface area contributed by atoms with Crippen molar-refractivity contribution in [3.05, 3.63) is 68.6 Å². The van der Waals surface area contributed by atoms with Gasteiger partial charge in [-0.05, 0) is 23.6 Å². The van der Waals surface area contributed by atoms with Crippen LogP contribution >= 0.6 is 0 Å². The first-order valence-electron chi connectivity index (χ1n) is 7.34. The fraction of sp³-hybridized carbons (Fsp3) is 0.286. The Kier molecular flexibility index (Phi) is 5.84. The molecule has 5 N–H and O–H groups in total. The second-order valence-corrected chi connectivity index (χ2v) is 5.40. The van der Waals surface area contributed by atoms with Gasteiger partial charge in [0.05, 0.1) is 29.5 Å². The number of hydrogen-bond acceptors (Lipinski definition) is 11. The van der Waals surface area contributed by atoms with Gasteiger partial charge in [-0.25, -0.2) is 0 Å². The summed E-state index contributed by atoms with van der Waals surface area (Å²) in [5, 5.41) is 65.8. The maximum atomic E-state index is 12.3. The van der Waals surface area contributed by atoms with E-state index in [9.17, 15) is 30.6 Å². The second kappa shape index (κ2) is 7.88. The summed E-state index contributed by atoms with van der Waals surface area (Å²) in [4.78, 5) is 10.2. The Morgan fingerprint density at radius 1 is 1.42 bits per heavy atom. The summed E-state index contributed by atoms with van der Waals surface area (Å²) in [6.07, 6.45) is -0.318. The Hall–Kier alpha value is -3.06. The number of nitro groups is 1. The van der Waals surface area contributed by atoms with E-state index in [-0.39, 0.29) is 22.2 Å². The van der Waals surface area contributed by atoms with E-state index in [1.165, 1.54) is 31.3 Å². The highest BCUT2D eigenvalue weighted by atomic mass is 16.8. The molecule has 0 fully saturated rings. The first kappa shape index (κ1) is 19.3. The normalized spacial score (nSPS) is 17.9. The summed E-state index contributed by atoms with van der Waals surface area (Å²) < 4.78 is 0. The number of anilines is 1. The van der Waals surface area contributed by atoms with Crippen LogP contribution in [0.2, 0.25) is 0 Å². The summed E-state index contributed by atoms with van der Waals surface area (Å²) in [5.74, 6) is -0.865. The van der Waals surface area contributed by atoms with E-state index in [0.717, 1.165) is 11.2 Å². The van der Waals surface area contributed by atoms with E-state index in [0.29, 0.717) is 0 Å². The van der Waals surface area contributed by atoms with Crippen LogP contribution in [0.15, 0.2) is 47.7 Å². The third-order valence-corrected chi connectivity index (χ3v) is 3.73. The largest absolute Gasteiger partial charge is 0.859 e. The zero-order valence-electron chi connectivity index (χ0n) is 13.6. The van der Waals surface area contributed by atoms with Crippen molar-refractivity contribution in [2.75, 3.05) is 18.9 Å². The Balaban J connectivity index is 2.21. The molecule has 0 aliphatic carbocycles. The summed E-state index contributed by atoms with van der Waals surface area (Å²) in [5.41, 5.74) is 1.94. The summed E-state index contributed by atoms with van der Waals surface area (Å²) in [7, 11) is 1.40. The van der Waals surface area contributed by atoms with Crippen LogP contribution in [0.25, 0.3) is 0 Å². The first-order chi connectivity index (χ1) is 12.3. The van der Waals surface area contributed by atoms with Gasteiger partial charge >= 0.3 is 5.70 Å². The lowest BCUT2D eigenvalue weighted by Crippen LogP contribution is -2.43. The van der Waals surface area contributed by atoms with E-state index in [4.69, 9.17) is 5.21 Å². The summed E-state index contributed by atoms with van der Waals surface area (Å²) in [6.45, 7) is -0.649. The number of nitrogens with one attached hydrogen (secondary N) is 2. The number of aliphatic hydroxyl groups is 2. The van der Waals surface area contributed by atoms with Gasteiger partial charge in [-0.3, -0.25) is 25.8 Å². The number of hydrogen-bond donors (Lipinski definition) is 5. The molecule has 0 spiro atoms. The van der Waals surface area contributed by atoms with Gasteiger partial charge in [0, 0.05) is 7.05 Å². The lowest BCUT2D eigenvalue weighted by Gasteiger charge is -2.30. The molecule has 0 saturated heterocycles. The molecule has 0 radical (unpaired) electrons. The van der Waals surface area contributed by atoms with Crippen LogP contribution in [-0.2, 0) is 0 Å². The number of likely N-dealkylation sites (N-methyl/N-ethyl adjacent to an activating group) is 1. The van der Waals surface area contributed by atoms with Gasteiger partial charge in [-0.1, -0.05) is 12.1 Å². The van der Waals surface area contributed by atoms with Crippen molar-refractivity contribution in [2.24, 2.45) is 0 Å². The van der Waals surface area contributed by atoms with Gasteiger partial charge in [-0.2, -0.15) is 0 Å². The molecule has 1 aromatic carbocycles. The smallest absolute Gasteiger partial charge is 0.312 e. The van der Waals surface area contributed by atoms with Crippen LogP contribution in [-0.4, -0.2) is 45.0 Å². The van der Waals surface area contributed by atoms with Gasteiger partial charge in [0.2, 0.25) is 0 Å². The minimum atomic E-state index is -1.36. The van der Waals surface area contributed by atoms with Crippen molar-refractivity contribution in [3.63, 3.8) is 0 Å². The zero-order chi connectivity index (χ0) is 19.4. The SMILES string of the molecule is CN1NC=C([N+](=O)[O-])C1=C([O-])N[C@@H](CO)[C@@H](O)c1ccc(N([O-])O)cc1. The molecule has 1 aliphatic heterocycles. The van der Waals surface area contributed by atoms with Gasteiger partial charge in [0.15, 0.2) is 0 Å². The summed E-state index contributed by atoms with van der Waals surface area (Å²) in [6, 6.07) is 3.96. The van der Waals surface area contributed by atoms with Crippen LogP contribution in [0.5, 0.6) is 0 Å². The Morgan fingerprint density at radius 3 is 2.54 bits per heavy atom. The van der Waals surface area contributed by atoms with Crippen molar-refractivity contribution < 1.29 is 25.5 Å². The molecule has 26 heavy (non-hydrogen) atoms. The lowest BCUT2D eigenvalue weighted by atomic mass is 10.0. The minimum absolute atomic E-state index is 0.0690. The molecule has 1 aliphatic rings. The zero-order valence-corrected chi connectivity index (χ0v) is 13.6. The van der Waals surface area contributed by atoms with Gasteiger partial charge < -0.3 is 31.1 Å². The van der Waals surface area contributed by atoms with E-state index < -0.39 is 35.3 Å².